The zero-order valence-corrected chi connectivity index (χ0v) is 38.4. The maximum atomic E-state index is 5.44. The van der Waals surface area contributed by atoms with Gasteiger partial charge in [-0.1, -0.05) is 207 Å². The summed E-state index contributed by atoms with van der Waals surface area (Å²) in [4.78, 5) is 0. The van der Waals surface area contributed by atoms with Gasteiger partial charge in [0, 0.05) is 0 Å². The SMILES string of the molecule is C1CC2CC1C1OC21.C1CCC2OC2C1.c1cc2c3c(cccc3c1)CC2.c1ccc2c(c1)CCC2.c1ccc2cc3ccccc3cc2c1.c1ccc2ccccc2c1.c1ccccc1. The Balaban J connectivity index is 0.0000000918. The van der Waals surface area contributed by atoms with Crippen LogP contribution in [0.2, 0.25) is 0 Å². The third-order valence-electron chi connectivity index (χ3n) is 14.6. The lowest BCUT2D eigenvalue weighted by Crippen LogP contribution is -2.04. The highest BCUT2D eigenvalue weighted by atomic mass is 16.6. The molecule has 16 rings (SSSR count). The third-order valence-corrected chi connectivity index (χ3v) is 14.6. The monoisotopic (exact) mass is 864 g/mol. The third kappa shape index (κ3) is 11.1. The fourth-order valence-electron chi connectivity index (χ4n) is 11.0. The molecule has 332 valence electrons. The molecule has 9 aromatic rings. The molecule has 2 nitrogen and oxygen atoms in total. The smallest absolute Gasteiger partial charge is 0.0872 e. The normalized spacial score (nSPS) is 22.3. The van der Waals surface area contributed by atoms with Crippen molar-refractivity contribution in [1.29, 1.82) is 0 Å². The maximum Gasteiger partial charge on any atom is 0.0872 e. The van der Waals surface area contributed by atoms with Crippen molar-refractivity contribution in [2.75, 3.05) is 0 Å². The first-order valence-electron chi connectivity index (χ1n) is 24.9. The van der Waals surface area contributed by atoms with Crippen molar-refractivity contribution in [2.45, 2.75) is 101 Å². The van der Waals surface area contributed by atoms with E-state index < -0.39 is 0 Å². The minimum absolute atomic E-state index is 0.703. The fraction of sp³-hybridized carbons (Fsp3) is 0.281. The van der Waals surface area contributed by atoms with Crippen LogP contribution in [-0.4, -0.2) is 24.4 Å². The largest absolute Gasteiger partial charge is 0.370 e. The van der Waals surface area contributed by atoms with E-state index in [1.807, 2.05) is 36.4 Å². The van der Waals surface area contributed by atoms with E-state index in [0.717, 1.165) is 24.0 Å². The molecule has 2 saturated heterocycles. The Kier molecular flexibility index (Phi) is 14.3. The van der Waals surface area contributed by atoms with Gasteiger partial charge in [-0.05, 0) is 154 Å². The molecule has 6 unspecified atom stereocenters. The predicted molar refractivity (Wildman–Crippen MR) is 278 cm³/mol. The van der Waals surface area contributed by atoms with E-state index in [1.165, 1.54) is 131 Å². The Morgan fingerprint density at radius 3 is 1.03 bits per heavy atom. The molecule has 5 fully saturated rings. The van der Waals surface area contributed by atoms with Crippen molar-refractivity contribution in [2.24, 2.45) is 11.8 Å². The molecular weight excluding hydrogens is 801 g/mol. The molecule has 2 heterocycles. The number of hydrogen-bond donors (Lipinski definition) is 0. The Morgan fingerprint density at radius 1 is 0.288 bits per heavy atom. The van der Waals surface area contributed by atoms with Crippen LogP contribution >= 0.6 is 0 Å². The van der Waals surface area contributed by atoms with E-state index in [-0.39, 0.29) is 0 Å². The number of ether oxygens (including phenoxy) is 2. The van der Waals surface area contributed by atoms with Gasteiger partial charge in [0.2, 0.25) is 0 Å². The Hall–Kier alpha value is -6.06. The van der Waals surface area contributed by atoms with Crippen LogP contribution in [0.25, 0.3) is 43.1 Å². The summed E-state index contributed by atoms with van der Waals surface area (Å²) < 4.78 is 10.7. The summed E-state index contributed by atoms with van der Waals surface area (Å²) in [6.07, 6.45) is 19.2. The number of hydrogen-bond acceptors (Lipinski definition) is 2. The predicted octanol–water partition coefficient (Wildman–Crippen LogP) is 16.1. The number of rotatable bonds is 0. The minimum atomic E-state index is 0.703. The van der Waals surface area contributed by atoms with Gasteiger partial charge in [-0.3, -0.25) is 0 Å². The molecule has 2 bridgehead atoms. The number of fused-ring (bicyclic) bond motifs is 10. The second kappa shape index (κ2) is 21.5. The lowest BCUT2D eigenvalue weighted by molar-refractivity contribution is 0.264. The highest BCUT2D eigenvalue weighted by Crippen LogP contribution is 2.56. The van der Waals surface area contributed by atoms with E-state index in [9.17, 15) is 0 Å². The minimum Gasteiger partial charge on any atom is -0.370 e. The molecule has 9 aromatic carbocycles. The summed E-state index contributed by atoms with van der Waals surface area (Å²) in [5.74, 6) is 1.98. The van der Waals surface area contributed by atoms with Crippen molar-refractivity contribution in [1.82, 2.24) is 0 Å². The van der Waals surface area contributed by atoms with Crippen LogP contribution in [0.3, 0.4) is 0 Å². The molecule has 0 amide bonds. The van der Waals surface area contributed by atoms with Gasteiger partial charge in [0.1, 0.15) is 0 Å². The molecule has 0 radical (unpaired) electrons. The van der Waals surface area contributed by atoms with E-state index in [2.05, 4.69) is 170 Å². The molecule has 3 saturated carbocycles. The van der Waals surface area contributed by atoms with Crippen LogP contribution in [0.1, 0.15) is 73.6 Å². The molecule has 66 heavy (non-hydrogen) atoms. The summed E-state index contributed by atoms with van der Waals surface area (Å²) in [5.41, 5.74) is 6.20. The van der Waals surface area contributed by atoms with Gasteiger partial charge in [0.05, 0.1) is 24.4 Å². The molecule has 2 heteroatoms. The lowest BCUT2D eigenvalue weighted by Gasteiger charge is -2.00. The Morgan fingerprint density at radius 2 is 0.652 bits per heavy atom. The zero-order valence-electron chi connectivity index (χ0n) is 38.4. The first-order chi connectivity index (χ1) is 32.7. The van der Waals surface area contributed by atoms with Crippen LogP contribution in [0.4, 0.5) is 0 Å². The van der Waals surface area contributed by atoms with Gasteiger partial charge in [-0.2, -0.15) is 0 Å². The van der Waals surface area contributed by atoms with Crippen molar-refractivity contribution >= 4 is 43.1 Å². The van der Waals surface area contributed by atoms with Gasteiger partial charge >= 0.3 is 0 Å². The molecule has 7 aliphatic rings. The molecule has 0 N–H and O–H groups in total. The van der Waals surface area contributed by atoms with E-state index in [0.29, 0.717) is 12.2 Å². The van der Waals surface area contributed by atoms with Gasteiger partial charge in [0.15, 0.2) is 0 Å². The van der Waals surface area contributed by atoms with Crippen molar-refractivity contribution in [3.05, 3.63) is 229 Å². The maximum absolute atomic E-state index is 5.44. The summed E-state index contributed by atoms with van der Waals surface area (Å²) in [6, 6.07) is 72.1. The van der Waals surface area contributed by atoms with Crippen molar-refractivity contribution < 1.29 is 9.47 Å². The van der Waals surface area contributed by atoms with Crippen molar-refractivity contribution in [3.8, 4) is 0 Å². The first kappa shape index (κ1) is 43.8. The number of epoxide rings is 2. The van der Waals surface area contributed by atoms with Crippen molar-refractivity contribution in [3.63, 3.8) is 0 Å². The summed E-state index contributed by atoms with van der Waals surface area (Å²) in [5, 5.41) is 10.8. The first-order valence-corrected chi connectivity index (χ1v) is 24.9. The average Bonchev–Trinajstić information content (AvgIpc) is 4.12. The summed E-state index contributed by atoms with van der Waals surface area (Å²) in [7, 11) is 0. The standard InChI is InChI=1S/C14H10.C12H10.C10H8.C9H10.C7H10O.C6H10O.C6H6/c1-2-6-12-10-14-8-4-3-7-13(14)9-11(12)5-1;1-3-9-4-2-6-11-8-7-10(5-1)12(9)11;1-2-6-10-8-4-3-7-9(10)5-1;1-2-5-9-7-3-6-8(9)4-1;1-2-5-3-4(1)6-7(5)8-6;1-2-4-6-5(3-1)7-6;1-2-4-6-5-3-1/h1-10H;1-6H,7-8H2;1-8H;1-2,4-5H,3,6-7H2;4-7H,1-3H2;5-6H,1-4H2;1-6H. The highest BCUT2D eigenvalue weighted by molar-refractivity contribution is 5.98. The number of benzene rings is 9. The lowest BCUT2D eigenvalue weighted by atomic mass is 10.0. The van der Waals surface area contributed by atoms with Crippen LogP contribution in [0.15, 0.2) is 206 Å². The zero-order chi connectivity index (χ0) is 44.3. The second-order valence-electron chi connectivity index (χ2n) is 19.0. The summed E-state index contributed by atoms with van der Waals surface area (Å²) >= 11 is 0. The average molecular weight is 865 g/mol. The van der Waals surface area contributed by atoms with Gasteiger partial charge < -0.3 is 9.47 Å². The molecule has 5 aliphatic carbocycles. The second-order valence-corrected chi connectivity index (χ2v) is 19.0. The van der Waals surface area contributed by atoms with Crippen LogP contribution < -0.4 is 0 Å². The van der Waals surface area contributed by atoms with E-state index >= 15 is 0 Å². The summed E-state index contributed by atoms with van der Waals surface area (Å²) in [6.45, 7) is 0. The van der Waals surface area contributed by atoms with E-state index in [4.69, 9.17) is 9.47 Å². The molecule has 0 aromatic heterocycles. The van der Waals surface area contributed by atoms with Crippen LogP contribution in [-0.2, 0) is 35.2 Å². The topological polar surface area (TPSA) is 25.1 Å². The highest BCUT2D eigenvalue weighted by Gasteiger charge is 2.59. The molecule has 6 atom stereocenters. The van der Waals surface area contributed by atoms with Crippen LogP contribution in [0.5, 0.6) is 0 Å². The quantitative estimate of drug-likeness (QED) is 0.112. The van der Waals surface area contributed by atoms with Crippen LogP contribution in [0, 0.1) is 11.8 Å². The molecule has 2 aliphatic heterocycles. The Labute approximate surface area is 392 Å². The van der Waals surface area contributed by atoms with Gasteiger partial charge in [-0.15, -0.1) is 0 Å². The Bertz CT molecular complexity index is 2670. The molecular formula is C64H64O2. The van der Waals surface area contributed by atoms with Gasteiger partial charge in [0.25, 0.3) is 0 Å². The number of aryl methyl sites for hydroxylation is 4. The fourth-order valence-corrected chi connectivity index (χ4v) is 11.0. The van der Waals surface area contributed by atoms with E-state index in [1.54, 1.807) is 11.1 Å². The van der Waals surface area contributed by atoms with Gasteiger partial charge in [-0.25, -0.2) is 0 Å². The molecule has 0 spiro atoms.